The van der Waals surface area contributed by atoms with E-state index in [0.29, 0.717) is 17.5 Å². The lowest BCUT2D eigenvalue weighted by atomic mass is 9.95. The molecule has 6 nitrogen and oxygen atoms in total. The van der Waals surface area contributed by atoms with E-state index >= 15 is 0 Å². The van der Waals surface area contributed by atoms with Crippen LogP contribution in [0.15, 0.2) is 28.7 Å². The smallest absolute Gasteiger partial charge is 0.233 e. The molecule has 7 heteroatoms. The van der Waals surface area contributed by atoms with Crippen molar-refractivity contribution in [1.82, 2.24) is 15.1 Å². The Balaban J connectivity index is 1.52. The first kappa shape index (κ1) is 16.6. The summed E-state index contributed by atoms with van der Waals surface area (Å²) in [5.74, 6) is 0.809. The van der Waals surface area contributed by atoms with E-state index in [2.05, 4.69) is 20.4 Å². The number of carbonyl (C=O) groups excluding carboxylic acids is 1. The van der Waals surface area contributed by atoms with Gasteiger partial charge in [0.1, 0.15) is 5.82 Å². The number of rotatable bonds is 4. The minimum atomic E-state index is -0.313. The van der Waals surface area contributed by atoms with Gasteiger partial charge in [0.2, 0.25) is 17.7 Å². The molecule has 1 aliphatic heterocycles. The second kappa shape index (κ2) is 7.09. The van der Waals surface area contributed by atoms with Crippen LogP contribution < -0.4 is 5.32 Å². The summed E-state index contributed by atoms with van der Waals surface area (Å²) in [5.41, 5.74) is 0.624. The number of likely N-dealkylation sites (tertiary alicyclic amines) is 1. The maximum Gasteiger partial charge on any atom is 0.233 e. The third kappa shape index (κ3) is 3.79. The van der Waals surface area contributed by atoms with Crippen LogP contribution in [0.2, 0.25) is 0 Å². The van der Waals surface area contributed by atoms with Crippen molar-refractivity contribution in [3.05, 3.63) is 41.9 Å². The number of halogens is 1. The lowest BCUT2D eigenvalue weighted by Gasteiger charge is -2.33. The number of benzene rings is 1. The average molecular weight is 332 g/mol. The normalized spacial score (nSPS) is 17.6. The molecule has 0 radical (unpaired) electrons. The summed E-state index contributed by atoms with van der Waals surface area (Å²) in [7, 11) is 0. The van der Waals surface area contributed by atoms with E-state index in [9.17, 15) is 9.18 Å². The van der Waals surface area contributed by atoms with Crippen LogP contribution in [0.4, 0.5) is 10.1 Å². The van der Waals surface area contributed by atoms with E-state index in [1.165, 1.54) is 12.1 Å². The van der Waals surface area contributed by atoms with Gasteiger partial charge in [0, 0.05) is 18.5 Å². The number of aromatic nitrogens is 2. The highest BCUT2D eigenvalue weighted by atomic mass is 19.1. The van der Waals surface area contributed by atoms with Crippen LogP contribution in [-0.2, 0) is 4.79 Å². The molecule has 0 spiro atoms. The fourth-order valence-corrected chi connectivity index (χ4v) is 2.96. The standard InChI is InChI=1S/C17H21FN4O2/c1-11(17-21-20-12(2)24-17)22-9-7-13(8-10-22)16(23)19-15-5-3-14(18)4-6-15/h3-6,11,13H,7-10H2,1-2H3,(H,19,23)/t11-/m1/s1. The number of piperidine rings is 1. The molecule has 2 heterocycles. The molecular weight excluding hydrogens is 311 g/mol. The SMILES string of the molecule is Cc1nnc([C@@H](C)N2CCC(C(=O)Nc3ccc(F)cc3)CC2)o1. The fraction of sp³-hybridized carbons (Fsp3) is 0.471. The largest absolute Gasteiger partial charge is 0.424 e. The Morgan fingerprint density at radius 1 is 1.29 bits per heavy atom. The molecule has 1 saturated heterocycles. The van der Waals surface area contributed by atoms with Crippen molar-refractivity contribution in [3.63, 3.8) is 0 Å². The second-order valence-electron chi connectivity index (χ2n) is 6.14. The van der Waals surface area contributed by atoms with Gasteiger partial charge in [-0.05, 0) is 57.1 Å². The molecule has 0 unspecified atom stereocenters. The van der Waals surface area contributed by atoms with Crippen LogP contribution in [0.3, 0.4) is 0 Å². The molecule has 0 saturated carbocycles. The molecule has 3 rings (SSSR count). The lowest BCUT2D eigenvalue weighted by molar-refractivity contribution is -0.121. The number of amides is 1. The predicted molar refractivity (Wildman–Crippen MR) is 86.8 cm³/mol. The zero-order chi connectivity index (χ0) is 17.1. The summed E-state index contributed by atoms with van der Waals surface area (Å²) < 4.78 is 18.4. The van der Waals surface area contributed by atoms with Gasteiger partial charge in [-0.25, -0.2) is 4.39 Å². The number of hydrogen-bond acceptors (Lipinski definition) is 5. The minimum absolute atomic E-state index is 0.0115. The Labute approximate surface area is 140 Å². The topological polar surface area (TPSA) is 71.3 Å². The quantitative estimate of drug-likeness (QED) is 0.932. The number of nitrogens with zero attached hydrogens (tertiary/aromatic N) is 3. The third-order valence-electron chi connectivity index (χ3n) is 4.46. The minimum Gasteiger partial charge on any atom is -0.424 e. The molecule has 128 valence electrons. The van der Waals surface area contributed by atoms with Crippen molar-refractivity contribution in [3.8, 4) is 0 Å². The highest BCUT2D eigenvalue weighted by Crippen LogP contribution is 2.26. The van der Waals surface area contributed by atoms with Crippen molar-refractivity contribution >= 4 is 11.6 Å². The van der Waals surface area contributed by atoms with Crippen molar-refractivity contribution in [2.24, 2.45) is 5.92 Å². The molecule has 1 N–H and O–H groups in total. The highest BCUT2D eigenvalue weighted by molar-refractivity contribution is 5.92. The van der Waals surface area contributed by atoms with Crippen LogP contribution >= 0.6 is 0 Å². The summed E-state index contributed by atoms with van der Waals surface area (Å²) in [6.07, 6.45) is 1.54. The number of anilines is 1. The molecule has 1 amide bonds. The van der Waals surface area contributed by atoms with Gasteiger partial charge in [-0.15, -0.1) is 10.2 Å². The molecule has 24 heavy (non-hydrogen) atoms. The zero-order valence-corrected chi connectivity index (χ0v) is 13.8. The summed E-state index contributed by atoms with van der Waals surface area (Å²) in [6.45, 7) is 5.40. The van der Waals surface area contributed by atoms with Gasteiger partial charge in [0.05, 0.1) is 6.04 Å². The number of hydrogen-bond donors (Lipinski definition) is 1. The van der Waals surface area contributed by atoms with Crippen LogP contribution in [-0.4, -0.2) is 34.1 Å². The maximum absolute atomic E-state index is 12.9. The zero-order valence-electron chi connectivity index (χ0n) is 13.8. The maximum atomic E-state index is 12.9. The van der Waals surface area contributed by atoms with Crippen molar-refractivity contribution in [1.29, 1.82) is 0 Å². The lowest BCUT2D eigenvalue weighted by Crippen LogP contribution is -2.39. The van der Waals surface area contributed by atoms with Gasteiger partial charge >= 0.3 is 0 Å². The highest BCUT2D eigenvalue weighted by Gasteiger charge is 2.29. The Hall–Kier alpha value is -2.28. The van der Waals surface area contributed by atoms with E-state index in [1.807, 2.05) is 6.92 Å². The van der Waals surface area contributed by atoms with E-state index in [-0.39, 0.29) is 23.7 Å². The molecule has 2 aromatic rings. The number of aryl methyl sites for hydroxylation is 1. The average Bonchev–Trinajstić information content (AvgIpc) is 3.03. The molecule has 1 aromatic heterocycles. The van der Waals surface area contributed by atoms with Crippen molar-refractivity contribution in [2.75, 3.05) is 18.4 Å². The van der Waals surface area contributed by atoms with Gasteiger partial charge in [-0.3, -0.25) is 9.69 Å². The van der Waals surface area contributed by atoms with E-state index in [4.69, 9.17) is 4.42 Å². The van der Waals surface area contributed by atoms with E-state index < -0.39 is 0 Å². The molecule has 1 aromatic carbocycles. The van der Waals surface area contributed by atoms with Crippen LogP contribution in [0.25, 0.3) is 0 Å². The Morgan fingerprint density at radius 2 is 1.96 bits per heavy atom. The van der Waals surface area contributed by atoms with E-state index in [0.717, 1.165) is 25.9 Å². The first-order chi connectivity index (χ1) is 11.5. The number of carbonyl (C=O) groups is 1. The van der Waals surface area contributed by atoms with Crippen LogP contribution in [0, 0.1) is 18.7 Å². The monoisotopic (exact) mass is 332 g/mol. The summed E-state index contributed by atoms with van der Waals surface area (Å²) in [4.78, 5) is 14.6. The third-order valence-corrected chi connectivity index (χ3v) is 4.46. The molecule has 0 bridgehead atoms. The molecule has 1 atom stereocenters. The Morgan fingerprint density at radius 3 is 2.54 bits per heavy atom. The fourth-order valence-electron chi connectivity index (χ4n) is 2.96. The van der Waals surface area contributed by atoms with Crippen molar-refractivity contribution in [2.45, 2.75) is 32.7 Å². The Bertz CT molecular complexity index is 693. The molecule has 1 fully saturated rings. The summed E-state index contributed by atoms with van der Waals surface area (Å²) >= 11 is 0. The number of nitrogens with one attached hydrogen (secondary N) is 1. The van der Waals surface area contributed by atoms with Gasteiger partial charge in [-0.2, -0.15) is 0 Å². The first-order valence-corrected chi connectivity index (χ1v) is 8.13. The summed E-state index contributed by atoms with van der Waals surface area (Å²) in [6, 6.07) is 5.87. The van der Waals surface area contributed by atoms with Gasteiger partial charge in [0.15, 0.2) is 0 Å². The van der Waals surface area contributed by atoms with Gasteiger partial charge in [0.25, 0.3) is 0 Å². The Kier molecular flexibility index (Phi) is 4.89. The summed E-state index contributed by atoms with van der Waals surface area (Å²) in [5, 5.41) is 10.8. The van der Waals surface area contributed by atoms with Gasteiger partial charge < -0.3 is 9.73 Å². The molecule has 1 aliphatic rings. The van der Waals surface area contributed by atoms with Crippen LogP contribution in [0.1, 0.15) is 37.6 Å². The van der Waals surface area contributed by atoms with Gasteiger partial charge in [-0.1, -0.05) is 0 Å². The van der Waals surface area contributed by atoms with Crippen molar-refractivity contribution < 1.29 is 13.6 Å². The second-order valence-corrected chi connectivity index (χ2v) is 6.14. The predicted octanol–water partition coefficient (Wildman–Crippen LogP) is 2.93. The molecule has 0 aliphatic carbocycles. The van der Waals surface area contributed by atoms with Crippen LogP contribution in [0.5, 0.6) is 0 Å². The van der Waals surface area contributed by atoms with E-state index in [1.54, 1.807) is 19.1 Å². The molecular formula is C17H21FN4O2. The first-order valence-electron chi connectivity index (χ1n) is 8.13.